The number of ketones is 1. The maximum Gasteiger partial charge on any atom is 0.404 e. The Bertz CT molecular complexity index is 1270. The van der Waals surface area contributed by atoms with Gasteiger partial charge < -0.3 is 24.1 Å². The first kappa shape index (κ1) is 51.7. The number of hydrogen-bond donors (Lipinski definition) is 1. The van der Waals surface area contributed by atoms with Crippen molar-refractivity contribution >= 4 is 34.5 Å². The van der Waals surface area contributed by atoms with Crippen LogP contribution in [0.25, 0.3) is 0 Å². The van der Waals surface area contributed by atoms with E-state index >= 15 is 0 Å². The molecular weight excluding hydrogens is 711 g/mol. The van der Waals surface area contributed by atoms with E-state index in [-0.39, 0.29) is 76.5 Å². The topological polar surface area (TPSA) is 114 Å². The van der Waals surface area contributed by atoms with Crippen molar-refractivity contribution in [2.45, 2.75) is 177 Å². The fourth-order valence-corrected chi connectivity index (χ4v) is 9.29. The molecule has 10 heteroatoms. The van der Waals surface area contributed by atoms with Gasteiger partial charge in [-0.1, -0.05) is 125 Å². The fourth-order valence-electron chi connectivity index (χ4n) is 6.35. The second kappa shape index (κ2) is 23.1. The van der Waals surface area contributed by atoms with Gasteiger partial charge in [0.1, 0.15) is 11.9 Å². The highest BCUT2D eigenvalue weighted by Crippen LogP contribution is 2.42. The summed E-state index contributed by atoms with van der Waals surface area (Å²) in [4.78, 5) is 36.2. The van der Waals surface area contributed by atoms with Gasteiger partial charge in [0.25, 0.3) is 0 Å². The Labute approximate surface area is 333 Å². The van der Waals surface area contributed by atoms with Crippen molar-refractivity contribution in [3.05, 3.63) is 48.6 Å². The summed E-state index contributed by atoms with van der Waals surface area (Å²) in [5.74, 6) is -0.144. The molecule has 1 amide bonds. The van der Waals surface area contributed by atoms with E-state index in [0.29, 0.717) is 19.4 Å². The van der Waals surface area contributed by atoms with Crippen molar-refractivity contribution in [1.82, 2.24) is 0 Å². The number of esters is 1. The van der Waals surface area contributed by atoms with Crippen molar-refractivity contribution < 1.29 is 32.7 Å². The van der Waals surface area contributed by atoms with Gasteiger partial charge >= 0.3 is 12.1 Å². The van der Waals surface area contributed by atoms with E-state index < -0.39 is 28.8 Å². The highest BCUT2D eigenvalue weighted by atomic mass is 28.4. The SMILES string of the molecule is C=C/C=C\C(C)C(OC(N)=O)C(C)C(O[Si](C)(C)C(C)(C)C)C(C)C/C(C)=C\C(C)C(O[Si](C)(C)C(C)(C)C)C(C)/C=C\CCC(=O)CCC(=O)OCC. The minimum Gasteiger partial charge on any atom is -0.466 e. The number of allylic oxidation sites excluding steroid dienone is 4. The highest BCUT2D eigenvalue weighted by molar-refractivity contribution is 6.74. The summed E-state index contributed by atoms with van der Waals surface area (Å²) in [6, 6.07) is 0. The summed E-state index contributed by atoms with van der Waals surface area (Å²) >= 11 is 0. The van der Waals surface area contributed by atoms with Crippen LogP contribution in [-0.2, 0) is 27.9 Å². The first-order valence-electron chi connectivity index (χ1n) is 20.2. The van der Waals surface area contributed by atoms with E-state index in [1.165, 1.54) is 5.57 Å². The Morgan fingerprint density at radius 3 is 1.76 bits per heavy atom. The number of nitrogens with two attached hydrogens (primary N) is 1. The molecule has 0 rings (SSSR count). The van der Waals surface area contributed by atoms with Gasteiger partial charge in [0.05, 0.1) is 25.2 Å². The molecule has 0 fully saturated rings. The molecule has 0 spiro atoms. The van der Waals surface area contributed by atoms with Crippen LogP contribution in [0.1, 0.15) is 122 Å². The molecular formula is C44H81NO7Si2. The third kappa shape index (κ3) is 18.1. The van der Waals surface area contributed by atoms with Crippen LogP contribution in [0, 0.1) is 29.6 Å². The van der Waals surface area contributed by atoms with Crippen LogP contribution in [0.2, 0.25) is 36.3 Å². The first-order chi connectivity index (χ1) is 24.6. The Balaban J connectivity index is 6.49. The lowest BCUT2D eigenvalue weighted by atomic mass is 9.81. The second-order valence-electron chi connectivity index (χ2n) is 18.6. The number of carbonyl (C=O) groups is 3. The maximum atomic E-state index is 12.4. The van der Waals surface area contributed by atoms with E-state index in [9.17, 15) is 14.4 Å². The van der Waals surface area contributed by atoms with Crippen molar-refractivity contribution in [1.29, 1.82) is 0 Å². The van der Waals surface area contributed by atoms with E-state index in [4.69, 9.17) is 24.1 Å². The van der Waals surface area contributed by atoms with Crippen LogP contribution >= 0.6 is 0 Å². The van der Waals surface area contributed by atoms with Crippen LogP contribution < -0.4 is 5.73 Å². The standard InChI is InChI=1S/C44H81NO7Si2/c1-19-21-24-33(5)40(50-42(45)48)36(8)41(52-54(17,18)44(12,13)14)35(7)30-31(3)29-34(6)39(51-53(15,16)43(9,10)11)32(4)25-22-23-26-37(46)27-28-38(47)49-20-2/h19,21-22,24-25,29,32-36,39-41H,1,20,23,26-28,30H2,2-18H3,(H2,45,48)/b24-21-,25-22-,31-29-. The van der Waals surface area contributed by atoms with E-state index in [1.807, 2.05) is 19.1 Å². The molecule has 8 unspecified atom stereocenters. The van der Waals surface area contributed by atoms with E-state index in [0.717, 1.165) is 6.42 Å². The van der Waals surface area contributed by atoms with Gasteiger partial charge in [-0.15, -0.1) is 0 Å². The molecule has 0 aromatic rings. The smallest absolute Gasteiger partial charge is 0.404 e. The van der Waals surface area contributed by atoms with Gasteiger partial charge in [-0.3, -0.25) is 9.59 Å². The Morgan fingerprint density at radius 1 is 0.759 bits per heavy atom. The van der Waals surface area contributed by atoms with Crippen molar-refractivity contribution in [2.24, 2.45) is 35.3 Å². The lowest BCUT2D eigenvalue weighted by Gasteiger charge is -2.45. The third-order valence-electron chi connectivity index (χ3n) is 11.6. The van der Waals surface area contributed by atoms with Crippen molar-refractivity contribution in [3.63, 3.8) is 0 Å². The van der Waals surface area contributed by atoms with Gasteiger partial charge in [-0.2, -0.15) is 0 Å². The van der Waals surface area contributed by atoms with Gasteiger partial charge in [0.2, 0.25) is 0 Å². The molecule has 8 nitrogen and oxygen atoms in total. The van der Waals surface area contributed by atoms with Gasteiger partial charge in [-0.25, -0.2) is 4.79 Å². The molecule has 54 heavy (non-hydrogen) atoms. The van der Waals surface area contributed by atoms with Crippen LogP contribution in [0.5, 0.6) is 0 Å². The molecule has 0 saturated heterocycles. The van der Waals surface area contributed by atoms with Crippen molar-refractivity contribution in [2.75, 3.05) is 6.61 Å². The molecule has 0 aliphatic heterocycles. The number of carbonyl (C=O) groups excluding carboxylic acids is 3. The number of rotatable bonds is 24. The molecule has 0 aliphatic rings. The van der Waals surface area contributed by atoms with E-state index in [2.05, 4.69) is 127 Å². The predicted molar refractivity (Wildman–Crippen MR) is 231 cm³/mol. The molecule has 0 aromatic heterocycles. The molecule has 0 saturated carbocycles. The zero-order valence-corrected chi connectivity index (χ0v) is 39.5. The lowest BCUT2D eigenvalue weighted by molar-refractivity contribution is -0.144. The molecule has 0 bridgehead atoms. The third-order valence-corrected chi connectivity index (χ3v) is 20.5. The second-order valence-corrected chi connectivity index (χ2v) is 28.2. The number of hydrogen-bond acceptors (Lipinski definition) is 7. The highest BCUT2D eigenvalue weighted by Gasteiger charge is 2.44. The van der Waals surface area contributed by atoms with Crippen LogP contribution in [-0.4, -0.2) is 59.4 Å². The molecule has 2 N–H and O–H groups in total. The van der Waals surface area contributed by atoms with Crippen LogP contribution in [0.15, 0.2) is 48.6 Å². The van der Waals surface area contributed by atoms with Gasteiger partial charge in [0.15, 0.2) is 16.6 Å². The number of ether oxygens (including phenoxy) is 2. The lowest BCUT2D eigenvalue weighted by Crippen LogP contribution is -2.50. The van der Waals surface area contributed by atoms with Crippen molar-refractivity contribution in [3.8, 4) is 0 Å². The molecule has 0 radical (unpaired) electrons. The Kier molecular flexibility index (Phi) is 22.1. The number of Topliss-reactive ketones (excluding diaryl/α,β-unsaturated/α-hetero) is 1. The monoisotopic (exact) mass is 792 g/mol. The zero-order valence-electron chi connectivity index (χ0n) is 37.5. The average Bonchev–Trinajstić information content (AvgIpc) is 3.03. The largest absolute Gasteiger partial charge is 0.466 e. The minimum absolute atomic E-state index is 0.00756. The molecule has 0 aliphatic carbocycles. The summed E-state index contributed by atoms with van der Waals surface area (Å²) in [7, 11) is -4.36. The number of primary amides is 1. The van der Waals surface area contributed by atoms with E-state index in [1.54, 1.807) is 13.0 Å². The summed E-state index contributed by atoms with van der Waals surface area (Å²) in [6.07, 6.45) is 12.9. The number of amides is 1. The summed E-state index contributed by atoms with van der Waals surface area (Å²) in [5, 5.41) is 0.0331. The van der Waals surface area contributed by atoms with Crippen LogP contribution in [0.3, 0.4) is 0 Å². The summed E-state index contributed by atoms with van der Waals surface area (Å²) < 4.78 is 25.1. The average molecular weight is 792 g/mol. The van der Waals surface area contributed by atoms with Crippen LogP contribution in [0.4, 0.5) is 4.79 Å². The minimum atomic E-state index is -2.23. The molecule has 8 atom stereocenters. The Hall–Kier alpha value is -2.28. The Morgan fingerprint density at radius 2 is 1.28 bits per heavy atom. The maximum absolute atomic E-state index is 12.4. The van der Waals surface area contributed by atoms with Gasteiger partial charge in [-0.05, 0) is 80.7 Å². The summed E-state index contributed by atoms with van der Waals surface area (Å²) in [5.41, 5.74) is 6.88. The molecule has 0 aromatic carbocycles. The normalized spacial score (nSPS) is 18.1. The zero-order chi connectivity index (χ0) is 42.2. The predicted octanol–water partition coefficient (Wildman–Crippen LogP) is 11.7. The quantitative estimate of drug-likeness (QED) is 0.0448. The molecule has 0 heterocycles. The molecule has 312 valence electrons. The first-order valence-corrected chi connectivity index (χ1v) is 26.1. The summed E-state index contributed by atoms with van der Waals surface area (Å²) in [6.45, 7) is 41.6. The fraction of sp³-hybridized carbons (Fsp3) is 0.750. The van der Waals surface area contributed by atoms with Gasteiger partial charge in [0, 0.05) is 24.7 Å².